The van der Waals surface area contributed by atoms with E-state index in [9.17, 15) is 5.11 Å². The molecular formula is C13H20O3. The zero-order valence-electron chi connectivity index (χ0n) is 10.1. The molecule has 0 spiro atoms. The smallest absolute Gasteiger partial charge is 0.124 e. The number of aliphatic hydroxyl groups excluding tert-OH is 1. The van der Waals surface area contributed by atoms with E-state index in [0.29, 0.717) is 6.42 Å². The number of hydrogen-bond acceptors (Lipinski definition) is 3. The number of aliphatic hydroxyl groups is 1. The highest BCUT2D eigenvalue weighted by Crippen LogP contribution is 2.28. The molecule has 3 heteroatoms. The second-order valence-electron chi connectivity index (χ2n) is 3.88. The van der Waals surface area contributed by atoms with Gasteiger partial charge in [-0.25, -0.2) is 0 Å². The molecule has 0 aliphatic carbocycles. The van der Waals surface area contributed by atoms with Crippen LogP contribution in [0, 0.1) is 0 Å². The third-order valence-electron chi connectivity index (χ3n) is 2.75. The highest BCUT2D eigenvalue weighted by molar-refractivity contribution is 5.34. The Hall–Kier alpha value is -1.06. The minimum Gasteiger partial charge on any atom is -0.496 e. The molecule has 0 aromatic heterocycles. The Kier molecular flexibility index (Phi) is 5.29. The summed E-state index contributed by atoms with van der Waals surface area (Å²) in [5, 5.41) is 10.0. The second kappa shape index (κ2) is 6.51. The molecular weight excluding hydrogens is 204 g/mol. The van der Waals surface area contributed by atoms with Crippen molar-refractivity contribution in [3.63, 3.8) is 0 Å². The lowest BCUT2D eigenvalue weighted by Crippen LogP contribution is -2.08. The molecule has 2 unspecified atom stereocenters. The summed E-state index contributed by atoms with van der Waals surface area (Å²) >= 11 is 0. The van der Waals surface area contributed by atoms with Gasteiger partial charge < -0.3 is 14.6 Å². The van der Waals surface area contributed by atoms with Gasteiger partial charge in [-0.3, -0.25) is 0 Å². The van der Waals surface area contributed by atoms with Gasteiger partial charge in [-0.1, -0.05) is 18.2 Å². The molecule has 0 saturated carbocycles. The van der Waals surface area contributed by atoms with E-state index in [1.807, 2.05) is 31.2 Å². The van der Waals surface area contributed by atoms with Crippen LogP contribution in [0.15, 0.2) is 24.3 Å². The maximum absolute atomic E-state index is 10.0. The van der Waals surface area contributed by atoms with Gasteiger partial charge in [0.15, 0.2) is 0 Å². The van der Waals surface area contributed by atoms with Crippen molar-refractivity contribution < 1.29 is 14.6 Å². The van der Waals surface area contributed by atoms with Crippen LogP contribution in [-0.4, -0.2) is 25.4 Å². The minimum absolute atomic E-state index is 0.171. The van der Waals surface area contributed by atoms with E-state index >= 15 is 0 Å². The zero-order chi connectivity index (χ0) is 12.0. The van der Waals surface area contributed by atoms with Crippen LogP contribution in [-0.2, 0) is 4.74 Å². The fraction of sp³-hybridized carbons (Fsp3) is 0.538. The van der Waals surface area contributed by atoms with Crippen LogP contribution in [0.1, 0.15) is 31.4 Å². The lowest BCUT2D eigenvalue weighted by Gasteiger charge is -2.16. The topological polar surface area (TPSA) is 38.7 Å². The van der Waals surface area contributed by atoms with Gasteiger partial charge in [0.25, 0.3) is 0 Å². The number of methoxy groups -OCH3 is 2. The Morgan fingerprint density at radius 1 is 1.19 bits per heavy atom. The van der Waals surface area contributed by atoms with Gasteiger partial charge in [-0.2, -0.15) is 0 Å². The molecule has 0 fully saturated rings. The van der Waals surface area contributed by atoms with E-state index in [2.05, 4.69) is 0 Å². The molecule has 1 N–H and O–H groups in total. The Labute approximate surface area is 97.0 Å². The van der Waals surface area contributed by atoms with E-state index in [1.54, 1.807) is 14.2 Å². The van der Waals surface area contributed by atoms with Gasteiger partial charge in [0.2, 0.25) is 0 Å². The van der Waals surface area contributed by atoms with Gasteiger partial charge >= 0.3 is 0 Å². The molecule has 16 heavy (non-hydrogen) atoms. The average molecular weight is 224 g/mol. The Bertz CT molecular complexity index is 312. The van der Waals surface area contributed by atoms with Gasteiger partial charge in [0, 0.05) is 12.7 Å². The molecule has 0 amide bonds. The van der Waals surface area contributed by atoms with Crippen LogP contribution >= 0.6 is 0 Å². The monoisotopic (exact) mass is 224 g/mol. The summed E-state index contributed by atoms with van der Waals surface area (Å²) in [6, 6.07) is 7.55. The molecule has 0 heterocycles. The lowest BCUT2D eigenvalue weighted by atomic mass is 10.0. The first kappa shape index (κ1) is 13.0. The fourth-order valence-electron chi connectivity index (χ4n) is 1.61. The summed E-state index contributed by atoms with van der Waals surface area (Å²) in [6.45, 7) is 1.99. The van der Waals surface area contributed by atoms with Crippen molar-refractivity contribution >= 4 is 0 Å². The van der Waals surface area contributed by atoms with Crippen molar-refractivity contribution in [1.29, 1.82) is 0 Å². The minimum atomic E-state index is -0.492. The molecule has 0 aliphatic rings. The van der Waals surface area contributed by atoms with Gasteiger partial charge in [0.05, 0.1) is 19.3 Å². The predicted octanol–water partition coefficient (Wildman–Crippen LogP) is 2.54. The largest absolute Gasteiger partial charge is 0.496 e. The molecule has 3 nitrogen and oxygen atoms in total. The van der Waals surface area contributed by atoms with Gasteiger partial charge in [-0.05, 0) is 25.8 Å². The second-order valence-corrected chi connectivity index (χ2v) is 3.88. The maximum atomic E-state index is 10.0. The number of ether oxygens (including phenoxy) is 2. The van der Waals surface area contributed by atoms with Crippen molar-refractivity contribution in [2.24, 2.45) is 0 Å². The van der Waals surface area contributed by atoms with Crippen LogP contribution in [0.2, 0.25) is 0 Å². The number of benzene rings is 1. The summed E-state index contributed by atoms with van der Waals surface area (Å²) in [5.41, 5.74) is 0.841. The fourth-order valence-corrected chi connectivity index (χ4v) is 1.61. The van der Waals surface area contributed by atoms with E-state index in [4.69, 9.17) is 9.47 Å². The lowest BCUT2D eigenvalue weighted by molar-refractivity contribution is 0.0843. The zero-order valence-corrected chi connectivity index (χ0v) is 10.1. The quantitative estimate of drug-likeness (QED) is 0.807. The van der Waals surface area contributed by atoms with E-state index in [1.165, 1.54) is 0 Å². The molecule has 0 saturated heterocycles. The van der Waals surface area contributed by atoms with Crippen molar-refractivity contribution in [2.45, 2.75) is 32.0 Å². The first-order valence-electron chi connectivity index (χ1n) is 5.52. The number of rotatable bonds is 6. The molecule has 0 aliphatic heterocycles. The third-order valence-corrected chi connectivity index (χ3v) is 2.75. The first-order chi connectivity index (χ1) is 7.69. The Morgan fingerprint density at radius 2 is 1.88 bits per heavy atom. The predicted molar refractivity (Wildman–Crippen MR) is 63.7 cm³/mol. The number of hydrogen-bond donors (Lipinski definition) is 1. The summed E-state index contributed by atoms with van der Waals surface area (Å²) in [6.07, 6.45) is 1.18. The molecule has 0 bridgehead atoms. The molecule has 0 radical (unpaired) electrons. The van der Waals surface area contributed by atoms with Crippen LogP contribution in [0.5, 0.6) is 5.75 Å². The third kappa shape index (κ3) is 3.51. The van der Waals surface area contributed by atoms with Crippen LogP contribution < -0.4 is 4.74 Å². The highest BCUT2D eigenvalue weighted by atomic mass is 16.5. The number of para-hydroxylation sites is 1. The van der Waals surface area contributed by atoms with Crippen molar-refractivity contribution in [2.75, 3.05) is 14.2 Å². The molecule has 1 aromatic rings. The summed E-state index contributed by atoms with van der Waals surface area (Å²) < 4.78 is 10.4. The Balaban J connectivity index is 2.61. The molecule has 90 valence electrons. The van der Waals surface area contributed by atoms with Crippen LogP contribution in [0.4, 0.5) is 0 Å². The van der Waals surface area contributed by atoms with Crippen LogP contribution in [0.3, 0.4) is 0 Å². The van der Waals surface area contributed by atoms with Gasteiger partial charge in [0.1, 0.15) is 5.75 Å². The summed E-state index contributed by atoms with van der Waals surface area (Å²) in [4.78, 5) is 0. The van der Waals surface area contributed by atoms with Gasteiger partial charge in [-0.15, -0.1) is 0 Å². The van der Waals surface area contributed by atoms with E-state index < -0.39 is 6.10 Å². The molecule has 1 rings (SSSR count). The maximum Gasteiger partial charge on any atom is 0.124 e. The van der Waals surface area contributed by atoms with Crippen LogP contribution in [0.25, 0.3) is 0 Å². The van der Waals surface area contributed by atoms with Crippen molar-refractivity contribution in [1.82, 2.24) is 0 Å². The summed E-state index contributed by atoms with van der Waals surface area (Å²) in [5.74, 6) is 0.736. The normalized spacial score (nSPS) is 14.5. The summed E-state index contributed by atoms with van der Waals surface area (Å²) in [7, 11) is 3.30. The molecule has 1 aromatic carbocycles. The average Bonchev–Trinajstić information content (AvgIpc) is 2.35. The van der Waals surface area contributed by atoms with Crippen molar-refractivity contribution in [3.8, 4) is 5.75 Å². The highest BCUT2D eigenvalue weighted by Gasteiger charge is 2.13. The van der Waals surface area contributed by atoms with Crippen molar-refractivity contribution in [3.05, 3.63) is 29.8 Å². The Morgan fingerprint density at radius 3 is 2.50 bits per heavy atom. The van der Waals surface area contributed by atoms with E-state index in [0.717, 1.165) is 17.7 Å². The van der Waals surface area contributed by atoms with E-state index in [-0.39, 0.29) is 6.10 Å². The SMILES string of the molecule is COc1ccccc1C(O)CCC(C)OC. The molecule has 2 atom stereocenters. The first-order valence-corrected chi connectivity index (χ1v) is 5.52. The standard InChI is InChI=1S/C13H20O3/c1-10(15-2)8-9-12(14)11-6-4-5-7-13(11)16-3/h4-7,10,12,14H,8-9H2,1-3H3.